The Morgan fingerprint density at radius 2 is 1.56 bits per heavy atom. The molecule has 0 bridgehead atoms. The van der Waals surface area contributed by atoms with E-state index in [1.807, 2.05) is 13.0 Å². The van der Waals surface area contributed by atoms with Gasteiger partial charge in [0.25, 0.3) is 15.9 Å². The summed E-state index contributed by atoms with van der Waals surface area (Å²) >= 11 is 6.22. The lowest BCUT2D eigenvalue weighted by Gasteiger charge is -2.23. The fourth-order valence-corrected chi connectivity index (χ4v) is 6.12. The molecular formula is C29H28ClN3O6S2. The first-order chi connectivity index (χ1) is 19.4. The second-order valence-corrected chi connectivity index (χ2v) is 13.2. The zero-order valence-electron chi connectivity index (χ0n) is 22.5. The maximum Gasteiger partial charge on any atom is 0.262 e. The molecule has 0 unspecified atom stereocenters. The third-order valence-electron chi connectivity index (χ3n) is 6.11. The van der Waals surface area contributed by atoms with Gasteiger partial charge in [0, 0.05) is 16.3 Å². The van der Waals surface area contributed by atoms with E-state index in [2.05, 4.69) is 10.0 Å². The standard InChI is InChI=1S/C29H28ClN3O6S2/c1-20-8-17-28(39-2)27(18-20)32-41(37,38)25-15-11-23(12-16-25)31-29(34)21-9-13-24(14-10-21)33(40(3,35)36)19-22-6-4-5-7-26(22)30/h4-18,32H,19H2,1-3H3,(H,31,34). The van der Waals surface area contributed by atoms with Gasteiger partial charge in [0.1, 0.15) is 5.75 Å². The number of hydrogen-bond acceptors (Lipinski definition) is 6. The number of sulfonamides is 2. The second kappa shape index (κ2) is 12.2. The molecular weight excluding hydrogens is 586 g/mol. The molecule has 4 rings (SSSR count). The molecule has 12 heteroatoms. The number of nitrogens with one attached hydrogen (secondary N) is 2. The SMILES string of the molecule is COc1ccc(C)cc1NS(=O)(=O)c1ccc(NC(=O)c2ccc(N(Cc3ccccc3Cl)S(C)(=O)=O)cc2)cc1. The predicted molar refractivity (Wildman–Crippen MR) is 162 cm³/mol. The minimum atomic E-state index is -3.92. The van der Waals surface area contributed by atoms with Gasteiger partial charge in [0.15, 0.2) is 0 Å². The molecule has 214 valence electrons. The van der Waals surface area contributed by atoms with E-state index in [9.17, 15) is 21.6 Å². The van der Waals surface area contributed by atoms with Crippen molar-refractivity contribution < 1.29 is 26.4 Å². The van der Waals surface area contributed by atoms with Gasteiger partial charge in [-0.25, -0.2) is 16.8 Å². The van der Waals surface area contributed by atoms with E-state index in [0.717, 1.165) is 11.8 Å². The topological polar surface area (TPSA) is 122 Å². The molecule has 0 radical (unpaired) electrons. The zero-order valence-corrected chi connectivity index (χ0v) is 24.8. The first kappa shape index (κ1) is 29.9. The van der Waals surface area contributed by atoms with E-state index in [1.165, 1.54) is 59.9 Å². The van der Waals surface area contributed by atoms with Crippen molar-refractivity contribution in [3.63, 3.8) is 0 Å². The number of rotatable bonds is 10. The van der Waals surface area contributed by atoms with Crippen LogP contribution in [0.15, 0.2) is 95.9 Å². The quantitative estimate of drug-likeness (QED) is 0.237. The first-order valence-electron chi connectivity index (χ1n) is 12.3. The van der Waals surface area contributed by atoms with Gasteiger partial charge in [-0.1, -0.05) is 35.9 Å². The number of methoxy groups -OCH3 is 1. The lowest BCUT2D eigenvalue weighted by Crippen LogP contribution is -2.29. The molecule has 0 saturated heterocycles. The van der Waals surface area contributed by atoms with Crippen molar-refractivity contribution in [2.24, 2.45) is 0 Å². The van der Waals surface area contributed by atoms with Crippen LogP contribution in [0.3, 0.4) is 0 Å². The largest absolute Gasteiger partial charge is 0.495 e. The molecule has 0 aliphatic heterocycles. The summed E-state index contributed by atoms with van der Waals surface area (Å²) < 4.78 is 59.8. The van der Waals surface area contributed by atoms with Gasteiger partial charge in [-0.2, -0.15) is 0 Å². The molecule has 2 N–H and O–H groups in total. The van der Waals surface area contributed by atoms with Crippen LogP contribution in [0.5, 0.6) is 5.75 Å². The van der Waals surface area contributed by atoms with Gasteiger partial charge in [-0.3, -0.25) is 13.8 Å². The molecule has 0 aromatic heterocycles. The number of carbonyl (C=O) groups excluding carboxylic acids is 1. The van der Waals surface area contributed by atoms with Crippen LogP contribution in [-0.4, -0.2) is 36.1 Å². The maximum atomic E-state index is 12.9. The van der Waals surface area contributed by atoms with Crippen LogP contribution in [0.1, 0.15) is 21.5 Å². The van der Waals surface area contributed by atoms with Gasteiger partial charge in [-0.15, -0.1) is 0 Å². The minimum Gasteiger partial charge on any atom is -0.495 e. The fraction of sp³-hybridized carbons (Fsp3) is 0.138. The van der Waals surface area contributed by atoms with Crippen molar-refractivity contribution in [2.75, 3.05) is 27.7 Å². The number of ether oxygens (including phenoxy) is 1. The normalized spacial score (nSPS) is 11.5. The third kappa shape index (κ3) is 7.37. The van der Waals surface area contributed by atoms with Crippen LogP contribution in [0, 0.1) is 6.92 Å². The molecule has 0 fully saturated rings. The Hall–Kier alpha value is -4.06. The van der Waals surface area contributed by atoms with E-state index in [0.29, 0.717) is 33.4 Å². The number of hydrogen-bond donors (Lipinski definition) is 2. The molecule has 0 atom stereocenters. The number of anilines is 3. The van der Waals surface area contributed by atoms with Gasteiger partial charge >= 0.3 is 0 Å². The smallest absolute Gasteiger partial charge is 0.262 e. The summed E-state index contributed by atoms with van der Waals surface area (Å²) in [5, 5.41) is 3.16. The number of amides is 1. The van der Waals surface area contributed by atoms with Crippen LogP contribution < -0.4 is 19.1 Å². The van der Waals surface area contributed by atoms with Crippen LogP contribution in [0.25, 0.3) is 0 Å². The third-order valence-corrected chi connectivity index (χ3v) is 9.00. The van der Waals surface area contributed by atoms with Crippen molar-refractivity contribution in [3.05, 3.63) is 113 Å². The van der Waals surface area contributed by atoms with E-state index in [4.69, 9.17) is 16.3 Å². The maximum absolute atomic E-state index is 12.9. The summed E-state index contributed by atoms with van der Waals surface area (Å²) in [6, 6.07) is 23.9. The van der Waals surface area contributed by atoms with E-state index in [-0.39, 0.29) is 17.0 Å². The number of benzene rings is 4. The van der Waals surface area contributed by atoms with Crippen molar-refractivity contribution in [1.82, 2.24) is 0 Å². The molecule has 0 aliphatic rings. The first-order valence-corrected chi connectivity index (χ1v) is 16.0. The number of carbonyl (C=O) groups is 1. The highest BCUT2D eigenvalue weighted by molar-refractivity contribution is 7.92. The van der Waals surface area contributed by atoms with Crippen molar-refractivity contribution in [1.29, 1.82) is 0 Å². The molecule has 0 saturated carbocycles. The molecule has 9 nitrogen and oxygen atoms in total. The molecule has 0 spiro atoms. The zero-order chi connectivity index (χ0) is 29.8. The van der Waals surface area contributed by atoms with Crippen molar-refractivity contribution in [2.45, 2.75) is 18.4 Å². The Bertz CT molecular complexity index is 1780. The van der Waals surface area contributed by atoms with Crippen LogP contribution in [0.2, 0.25) is 5.02 Å². The summed E-state index contributed by atoms with van der Waals surface area (Å²) in [6.45, 7) is 1.87. The second-order valence-electron chi connectivity index (χ2n) is 9.20. The van der Waals surface area contributed by atoms with Crippen molar-refractivity contribution >= 4 is 54.6 Å². The lowest BCUT2D eigenvalue weighted by molar-refractivity contribution is 0.102. The fourth-order valence-electron chi connectivity index (χ4n) is 3.99. The van der Waals surface area contributed by atoms with E-state index < -0.39 is 26.0 Å². The Labute approximate surface area is 244 Å². The Morgan fingerprint density at radius 1 is 0.902 bits per heavy atom. The lowest BCUT2D eigenvalue weighted by atomic mass is 10.1. The van der Waals surface area contributed by atoms with Crippen molar-refractivity contribution in [3.8, 4) is 5.75 Å². The monoisotopic (exact) mass is 613 g/mol. The molecule has 41 heavy (non-hydrogen) atoms. The van der Waals surface area contributed by atoms with Gasteiger partial charge in [0.05, 0.1) is 36.2 Å². The Balaban J connectivity index is 1.46. The van der Waals surface area contributed by atoms with Crippen LogP contribution >= 0.6 is 11.6 Å². The van der Waals surface area contributed by atoms with Gasteiger partial charge in [0.2, 0.25) is 10.0 Å². The molecule has 4 aromatic rings. The summed E-state index contributed by atoms with van der Waals surface area (Å²) in [5.41, 5.74) is 2.85. The van der Waals surface area contributed by atoms with E-state index in [1.54, 1.807) is 36.4 Å². The van der Waals surface area contributed by atoms with E-state index >= 15 is 0 Å². The number of halogens is 1. The summed E-state index contributed by atoms with van der Waals surface area (Å²) in [4.78, 5) is 12.9. The summed E-state index contributed by atoms with van der Waals surface area (Å²) in [7, 11) is -6.11. The Kier molecular flexibility index (Phi) is 8.91. The Morgan fingerprint density at radius 3 is 2.17 bits per heavy atom. The highest BCUT2D eigenvalue weighted by atomic mass is 35.5. The highest BCUT2D eigenvalue weighted by Crippen LogP contribution is 2.29. The molecule has 0 heterocycles. The molecule has 1 amide bonds. The van der Waals surface area contributed by atoms with Crippen LogP contribution in [-0.2, 0) is 26.6 Å². The minimum absolute atomic E-state index is 0.00259. The predicted octanol–water partition coefficient (Wildman–Crippen LogP) is 5.68. The van der Waals surface area contributed by atoms with Gasteiger partial charge < -0.3 is 10.1 Å². The van der Waals surface area contributed by atoms with Crippen LogP contribution in [0.4, 0.5) is 17.1 Å². The summed E-state index contributed by atoms with van der Waals surface area (Å²) in [6.07, 6.45) is 1.10. The molecule has 4 aromatic carbocycles. The summed E-state index contributed by atoms with van der Waals surface area (Å²) in [5.74, 6) is -0.0654. The number of nitrogens with zero attached hydrogens (tertiary/aromatic N) is 1. The average Bonchev–Trinajstić information content (AvgIpc) is 2.92. The number of aryl methyl sites for hydroxylation is 1. The average molecular weight is 614 g/mol. The van der Waals surface area contributed by atoms with Gasteiger partial charge in [-0.05, 0) is 84.8 Å². The molecule has 0 aliphatic carbocycles. The highest BCUT2D eigenvalue weighted by Gasteiger charge is 2.20.